The van der Waals surface area contributed by atoms with Crippen LogP contribution in [0.1, 0.15) is 15.9 Å². The van der Waals surface area contributed by atoms with Crippen LogP contribution in [-0.4, -0.2) is 44.9 Å². The third-order valence-corrected chi connectivity index (χ3v) is 4.39. The minimum Gasteiger partial charge on any atom is -0.373 e. The number of hydrogen-bond acceptors (Lipinski definition) is 3. The van der Waals surface area contributed by atoms with Crippen LogP contribution in [0.25, 0.3) is 6.08 Å². The summed E-state index contributed by atoms with van der Waals surface area (Å²) in [6, 6.07) is 13.0. The van der Waals surface area contributed by atoms with Crippen molar-refractivity contribution in [1.82, 2.24) is 4.90 Å². The van der Waals surface area contributed by atoms with Crippen LogP contribution >= 0.6 is 23.2 Å². The van der Waals surface area contributed by atoms with Gasteiger partial charge in [0.05, 0.1) is 5.02 Å². The van der Waals surface area contributed by atoms with E-state index in [1.54, 1.807) is 24.3 Å². The van der Waals surface area contributed by atoms with E-state index in [-0.39, 0.29) is 5.78 Å². The second-order valence-electron chi connectivity index (χ2n) is 6.14. The minimum atomic E-state index is -0.145. The van der Waals surface area contributed by atoms with E-state index in [1.165, 1.54) is 6.08 Å². The molecular formula is C20H22Cl2N2O. The van der Waals surface area contributed by atoms with E-state index >= 15 is 0 Å². The number of nitrogens with zero attached hydrogens (tertiary/aromatic N) is 2. The molecule has 0 fully saturated rings. The highest BCUT2D eigenvalue weighted by Crippen LogP contribution is 2.22. The van der Waals surface area contributed by atoms with Gasteiger partial charge in [0.25, 0.3) is 0 Å². The monoisotopic (exact) mass is 376 g/mol. The topological polar surface area (TPSA) is 23.6 Å². The molecule has 0 bridgehead atoms. The molecule has 0 aliphatic heterocycles. The number of halogens is 2. The molecule has 0 atom stereocenters. The van der Waals surface area contributed by atoms with Crippen LogP contribution in [0, 0.1) is 0 Å². The van der Waals surface area contributed by atoms with Gasteiger partial charge in [-0.15, -0.1) is 0 Å². The molecule has 5 heteroatoms. The highest BCUT2D eigenvalue weighted by Gasteiger charge is 2.07. The third-order valence-electron chi connectivity index (χ3n) is 3.84. The zero-order valence-corrected chi connectivity index (χ0v) is 16.2. The van der Waals surface area contributed by atoms with Crippen molar-refractivity contribution in [3.63, 3.8) is 0 Å². The van der Waals surface area contributed by atoms with Crippen molar-refractivity contribution in [3.05, 3.63) is 69.7 Å². The fraction of sp³-hybridized carbons (Fsp3) is 0.250. The molecule has 0 radical (unpaired) electrons. The van der Waals surface area contributed by atoms with Gasteiger partial charge in [-0.2, -0.15) is 0 Å². The number of ketones is 1. The lowest BCUT2D eigenvalue weighted by atomic mass is 10.1. The number of benzene rings is 2. The molecule has 25 heavy (non-hydrogen) atoms. The standard InChI is InChI=1S/C20H22Cl2N2O/c1-23(2)12-13-24(3)17-8-4-15(5-9-17)6-11-20(25)18-10-7-16(21)14-19(18)22/h4-11,14H,12-13H2,1-3H3. The Hall–Kier alpha value is -1.81. The van der Waals surface area contributed by atoms with E-state index in [1.807, 2.05) is 12.1 Å². The molecule has 0 saturated heterocycles. The van der Waals surface area contributed by atoms with Crippen LogP contribution in [0.3, 0.4) is 0 Å². The summed E-state index contributed by atoms with van der Waals surface area (Å²) in [6.45, 7) is 1.95. The number of likely N-dealkylation sites (N-methyl/N-ethyl adjacent to an activating group) is 2. The van der Waals surface area contributed by atoms with Crippen molar-refractivity contribution in [2.75, 3.05) is 39.1 Å². The number of rotatable bonds is 7. The lowest BCUT2D eigenvalue weighted by Crippen LogP contribution is -2.28. The molecule has 2 aromatic carbocycles. The largest absolute Gasteiger partial charge is 0.373 e. The van der Waals surface area contributed by atoms with Gasteiger partial charge >= 0.3 is 0 Å². The first kappa shape index (κ1) is 19.5. The Labute approximate surface area is 159 Å². The molecule has 0 saturated carbocycles. The molecule has 0 N–H and O–H groups in total. The second-order valence-corrected chi connectivity index (χ2v) is 6.98. The molecule has 0 heterocycles. The van der Waals surface area contributed by atoms with Crippen molar-refractivity contribution in [2.24, 2.45) is 0 Å². The van der Waals surface area contributed by atoms with Gasteiger partial charge in [-0.3, -0.25) is 4.79 Å². The number of hydrogen-bond donors (Lipinski definition) is 0. The fourth-order valence-electron chi connectivity index (χ4n) is 2.27. The minimum absolute atomic E-state index is 0.145. The zero-order chi connectivity index (χ0) is 18.4. The highest BCUT2D eigenvalue weighted by atomic mass is 35.5. The van der Waals surface area contributed by atoms with E-state index in [0.717, 1.165) is 24.3 Å². The Kier molecular flexibility index (Phi) is 7.06. The van der Waals surface area contributed by atoms with E-state index in [0.29, 0.717) is 15.6 Å². The van der Waals surface area contributed by atoms with Crippen molar-refractivity contribution >= 4 is 40.7 Å². The van der Waals surface area contributed by atoms with Gasteiger partial charge in [0.1, 0.15) is 0 Å². The molecule has 132 valence electrons. The number of carbonyl (C=O) groups excluding carboxylic acids is 1. The molecule has 3 nitrogen and oxygen atoms in total. The number of carbonyl (C=O) groups is 1. The van der Waals surface area contributed by atoms with Gasteiger partial charge in [0.2, 0.25) is 0 Å². The number of allylic oxidation sites excluding steroid dienone is 1. The quantitative estimate of drug-likeness (QED) is 0.507. The summed E-state index contributed by atoms with van der Waals surface area (Å²) in [5.41, 5.74) is 2.55. The van der Waals surface area contributed by atoms with Gasteiger partial charge in [-0.05, 0) is 56.1 Å². The summed E-state index contributed by atoms with van der Waals surface area (Å²) in [4.78, 5) is 16.6. The first-order valence-electron chi connectivity index (χ1n) is 8.00. The molecular weight excluding hydrogens is 355 g/mol. The Balaban J connectivity index is 2.02. The summed E-state index contributed by atoms with van der Waals surface area (Å²) < 4.78 is 0. The van der Waals surface area contributed by atoms with E-state index in [2.05, 4.69) is 43.1 Å². The van der Waals surface area contributed by atoms with E-state index < -0.39 is 0 Å². The molecule has 0 amide bonds. The lowest BCUT2D eigenvalue weighted by Gasteiger charge is -2.21. The van der Waals surface area contributed by atoms with Crippen molar-refractivity contribution in [2.45, 2.75) is 0 Å². The van der Waals surface area contributed by atoms with Crippen LogP contribution in [0.2, 0.25) is 10.0 Å². The third kappa shape index (κ3) is 5.89. The van der Waals surface area contributed by atoms with Crippen molar-refractivity contribution in [1.29, 1.82) is 0 Å². The highest BCUT2D eigenvalue weighted by molar-refractivity contribution is 6.37. The SMILES string of the molecule is CN(C)CCN(C)c1ccc(C=CC(=O)c2ccc(Cl)cc2Cl)cc1. The summed E-state index contributed by atoms with van der Waals surface area (Å²) in [5, 5.41) is 0.875. The normalized spacial score (nSPS) is 11.3. The maximum absolute atomic E-state index is 12.2. The average molecular weight is 377 g/mol. The summed E-state index contributed by atoms with van der Waals surface area (Å²) in [7, 11) is 6.19. The summed E-state index contributed by atoms with van der Waals surface area (Å²) in [5.74, 6) is -0.145. The van der Waals surface area contributed by atoms with Gasteiger partial charge in [0, 0.05) is 36.4 Å². The summed E-state index contributed by atoms with van der Waals surface area (Å²) in [6.07, 6.45) is 3.32. The number of anilines is 1. The fourth-order valence-corrected chi connectivity index (χ4v) is 2.77. The van der Waals surface area contributed by atoms with Crippen molar-refractivity contribution in [3.8, 4) is 0 Å². The molecule has 0 aliphatic rings. The second kappa shape index (κ2) is 9.04. The van der Waals surface area contributed by atoms with Crippen LogP contribution in [0.5, 0.6) is 0 Å². The predicted molar refractivity (Wildman–Crippen MR) is 108 cm³/mol. The van der Waals surface area contributed by atoms with Gasteiger partial charge in [0.15, 0.2) is 5.78 Å². The smallest absolute Gasteiger partial charge is 0.187 e. The average Bonchev–Trinajstić information content (AvgIpc) is 2.58. The van der Waals surface area contributed by atoms with Crippen LogP contribution < -0.4 is 4.90 Å². The van der Waals surface area contributed by atoms with Gasteiger partial charge in [-0.1, -0.05) is 41.4 Å². The first-order valence-corrected chi connectivity index (χ1v) is 8.76. The molecule has 0 spiro atoms. The maximum atomic E-state index is 12.2. The molecule has 2 rings (SSSR count). The zero-order valence-electron chi connectivity index (χ0n) is 14.7. The first-order chi connectivity index (χ1) is 11.9. The van der Waals surface area contributed by atoms with Gasteiger partial charge in [-0.25, -0.2) is 0 Å². The Morgan fingerprint density at radius 2 is 1.68 bits per heavy atom. The molecule has 2 aromatic rings. The van der Waals surface area contributed by atoms with Gasteiger partial charge < -0.3 is 9.80 Å². The molecule has 0 unspecified atom stereocenters. The Morgan fingerprint density at radius 3 is 2.28 bits per heavy atom. The Bertz CT molecular complexity index is 755. The molecule has 0 aromatic heterocycles. The lowest BCUT2D eigenvalue weighted by molar-refractivity contribution is 0.104. The van der Waals surface area contributed by atoms with E-state index in [4.69, 9.17) is 23.2 Å². The van der Waals surface area contributed by atoms with Crippen LogP contribution in [0.4, 0.5) is 5.69 Å². The maximum Gasteiger partial charge on any atom is 0.187 e. The predicted octanol–water partition coefficient (Wildman–Crippen LogP) is 4.89. The van der Waals surface area contributed by atoms with Crippen LogP contribution in [-0.2, 0) is 0 Å². The molecule has 0 aliphatic carbocycles. The Morgan fingerprint density at radius 1 is 1.00 bits per heavy atom. The van der Waals surface area contributed by atoms with Crippen LogP contribution in [0.15, 0.2) is 48.5 Å². The van der Waals surface area contributed by atoms with Crippen molar-refractivity contribution < 1.29 is 4.79 Å². The summed E-state index contributed by atoms with van der Waals surface area (Å²) >= 11 is 11.9. The van der Waals surface area contributed by atoms with E-state index in [9.17, 15) is 4.79 Å².